The molecule has 4 atom stereocenters. The fourth-order valence-corrected chi connectivity index (χ4v) is 4.24. The molecule has 2 amide bonds. The normalized spacial score (nSPS) is 37.4. The number of aromatic nitrogens is 1. The van der Waals surface area contributed by atoms with Crippen LogP contribution in [0.2, 0.25) is 0 Å². The second-order valence-corrected chi connectivity index (χ2v) is 6.04. The van der Waals surface area contributed by atoms with Crippen molar-refractivity contribution < 1.29 is 9.59 Å². The summed E-state index contributed by atoms with van der Waals surface area (Å²) in [6.45, 7) is 0. The molecule has 0 spiro atoms. The number of hydrogen-bond donors (Lipinski definition) is 0. The summed E-state index contributed by atoms with van der Waals surface area (Å²) in [4.78, 5) is 30.4. The Kier molecular flexibility index (Phi) is 2.03. The molecule has 92 valence electrons. The quantitative estimate of drug-likeness (QED) is 0.572. The Morgan fingerprint density at radius 1 is 1.11 bits per heavy atom. The molecule has 5 rings (SSSR count). The zero-order valence-corrected chi connectivity index (χ0v) is 10.5. The molecule has 0 unspecified atom stereocenters. The molecule has 1 saturated carbocycles. The molecule has 4 aliphatic rings. The van der Waals surface area contributed by atoms with Gasteiger partial charge in [-0.05, 0) is 24.7 Å². The van der Waals surface area contributed by atoms with Gasteiger partial charge in [-0.25, -0.2) is 9.88 Å². The molecule has 1 aliphatic heterocycles. The van der Waals surface area contributed by atoms with Crippen molar-refractivity contribution in [1.29, 1.82) is 0 Å². The van der Waals surface area contributed by atoms with Gasteiger partial charge < -0.3 is 0 Å². The first-order valence-corrected chi connectivity index (χ1v) is 7.11. The third kappa shape index (κ3) is 1.17. The van der Waals surface area contributed by atoms with Crippen molar-refractivity contribution in [1.82, 2.24) is 4.98 Å². The molecule has 2 fully saturated rings. The molecule has 3 aliphatic carbocycles. The number of rotatable bonds is 1. The average molecular weight is 260 g/mol. The molecule has 2 bridgehead atoms. The fraction of sp³-hybridized carbons (Fsp3) is 0.462. The van der Waals surface area contributed by atoms with E-state index in [1.165, 1.54) is 16.2 Å². The number of hydrogen-bond acceptors (Lipinski definition) is 4. The number of thiazole rings is 1. The van der Waals surface area contributed by atoms with E-state index in [2.05, 4.69) is 17.1 Å². The topological polar surface area (TPSA) is 50.3 Å². The maximum Gasteiger partial charge on any atom is 0.240 e. The van der Waals surface area contributed by atoms with Crippen molar-refractivity contribution in [2.45, 2.75) is 12.8 Å². The number of carbonyl (C=O) groups excluding carboxylic acids is 2. The van der Waals surface area contributed by atoms with Crippen molar-refractivity contribution in [3.8, 4) is 0 Å². The number of nitrogens with zero attached hydrogens (tertiary/aromatic N) is 2. The molecule has 0 radical (unpaired) electrons. The standard InChI is InChI=1S/C13H12N2O2S/c16-11-9-7-1-2-8(4-3-7)10(9)12(17)15(11)13-14-5-6-18-13/h1-2,5-10H,3-4H2/t7-,8+,9+,10-. The van der Waals surface area contributed by atoms with Crippen LogP contribution >= 0.6 is 11.3 Å². The van der Waals surface area contributed by atoms with Crippen LogP contribution in [0.1, 0.15) is 12.8 Å². The Balaban J connectivity index is 1.79. The van der Waals surface area contributed by atoms with Gasteiger partial charge in [-0.2, -0.15) is 0 Å². The van der Waals surface area contributed by atoms with Crippen LogP contribution in [0.3, 0.4) is 0 Å². The third-order valence-corrected chi connectivity index (χ3v) is 5.13. The summed E-state index contributed by atoms with van der Waals surface area (Å²) in [6.07, 6.45) is 7.97. The summed E-state index contributed by atoms with van der Waals surface area (Å²) >= 11 is 1.35. The van der Waals surface area contributed by atoms with E-state index in [1.807, 2.05) is 0 Å². The van der Waals surface area contributed by atoms with Crippen LogP contribution in [-0.4, -0.2) is 16.8 Å². The van der Waals surface area contributed by atoms with Crippen LogP contribution in [0, 0.1) is 23.7 Å². The summed E-state index contributed by atoms with van der Waals surface area (Å²) in [5, 5.41) is 2.32. The molecule has 5 heteroatoms. The van der Waals surface area contributed by atoms with E-state index < -0.39 is 0 Å². The van der Waals surface area contributed by atoms with Crippen LogP contribution in [0.25, 0.3) is 0 Å². The summed E-state index contributed by atoms with van der Waals surface area (Å²) in [5.41, 5.74) is 0. The lowest BCUT2D eigenvalue weighted by molar-refractivity contribution is -0.124. The molecule has 0 N–H and O–H groups in total. The lowest BCUT2D eigenvalue weighted by atomic mass is 9.63. The van der Waals surface area contributed by atoms with Gasteiger partial charge in [-0.3, -0.25) is 9.59 Å². The van der Waals surface area contributed by atoms with E-state index in [0.717, 1.165) is 12.8 Å². The zero-order valence-electron chi connectivity index (χ0n) is 9.65. The summed E-state index contributed by atoms with van der Waals surface area (Å²) in [6, 6.07) is 0. The van der Waals surface area contributed by atoms with Crippen LogP contribution in [-0.2, 0) is 9.59 Å². The number of anilines is 1. The Bertz CT molecular complexity index is 519. The largest absolute Gasteiger partial charge is 0.274 e. The van der Waals surface area contributed by atoms with Gasteiger partial charge in [0.2, 0.25) is 11.8 Å². The second kappa shape index (κ2) is 3.51. The molecule has 2 heterocycles. The smallest absolute Gasteiger partial charge is 0.240 e. The molecule has 0 aromatic carbocycles. The van der Waals surface area contributed by atoms with Crippen molar-refractivity contribution in [3.63, 3.8) is 0 Å². The molecule has 1 saturated heterocycles. The third-order valence-electron chi connectivity index (χ3n) is 4.37. The van der Waals surface area contributed by atoms with Crippen LogP contribution in [0.15, 0.2) is 23.7 Å². The molecular weight excluding hydrogens is 248 g/mol. The minimum Gasteiger partial charge on any atom is -0.274 e. The van der Waals surface area contributed by atoms with Gasteiger partial charge in [0, 0.05) is 11.6 Å². The Hall–Kier alpha value is -1.49. The van der Waals surface area contributed by atoms with Gasteiger partial charge in [0.15, 0.2) is 5.13 Å². The van der Waals surface area contributed by atoms with Gasteiger partial charge in [-0.1, -0.05) is 12.2 Å². The summed E-state index contributed by atoms with van der Waals surface area (Å²) in [7, 11) is 0. The maximum absolute atomic E-state index is 12.5. The van der Waals surface area contributed by atoms with Crippen molar-refractivity contribution in [2.24, 2.45) is 23.7 Å². The number of fused-ring (bicyclic) bond motifs is 1. The predicted molar refractivity (Wildman–Crippen MR) is 66.9 cm³/mol. The number of imide groups is 1. The summed E-state index contributed by atoms with van der Waals surface area (Å²) < 4.78 is 0. The van der Waals surface area contributed by atoms with E-state index in [4.69, 9.17) is 0 Å². The Labute approximate surface area is 108 Å². The lowest BCUT2D eigenvalue weighted by Gasteiger charge is -2.38. The fourth-order valence-electron chi connectivity index (χ4n) is 3.59. The van der Waals surface area contributed by atoms with Crippen LogP contribution < -0.4 is 4.90 Å². The minimum absolute atomic E-state index is 0.0426. The van der Waals surface area contributed by atoms with Crippen LogP contribution in [0.5, 0.6) is 0 Å². The second-order valence-electron chi connectivity index (χ2n) is 5.17. The number of carbonyl (C=O) groups is 2. The SMILES string of the molecule is O=C1[C@@H]2[C@H](C(=O)N1c1nccs1)[C@H]1C=C[C@@H]2CC1. The van der Waals surface area contributed by atoms with Gasteiger partial charge in [0.05, 0.1) is 11.8 Å². The highest BCUT2D eigenvalue weighted by Crippen LogP contribution is 2.50. The zero-order chi connectivity index (χ0) is 12.3. The lowest BCUT2D eigenvalue weighted by Crippen LogP contribution is -2.38. The molecule has 1 aromatic heterocycles. The van der Waals surface area contributed by atoms with E-state index >= 15 is 0 Å². The van der Waals surface area contributed by atoms with Crippen molar-refractivity contribution in [3.05, 3.63) is 23.7 Å². The maximum atomic E-state index is 12.5. The Morgan fingerprint density at radius 3 is 2.17 bits per heavy atom. The monoisotopic (exact) mass is 260 g/mol. The van der Waals surface area contributed by atoms with Gasteiger partial charge in [-0.15, -0.1) is 11.3 Å². The first-order valence-electron chi connectivity index (χ1n) is 6.23. The number of amides is 2. The average Bonchev–Trinajstić information content (AvgIpc) is 3.00. The summed E-state index contributed by atoms with van der Waals surface area (Å²) in [5.74, 6) is 0.149. The predicted octanol–water partition coefficient (Wildman–Crippen LogP) is 1.84. The highest BCUT2D eigenvalue weighted by Gasteiger charge is 2.57. The Morgan fingerprint density at radius 2 is 1.72 bits per heavy atom. The molecule has 1 aromatic rings. The van der Waals surface area contributed by atoms with Crippen molar-refractivity contribution in [2.75, 3.05) is 4.90 Å². The van der Waals surface area contributed by atoms with Gasteiger partial charge in [0.25, 0.3) is 0 Å². The van der Waals surface area contributed by atoms with Gasteiger partial charge in [0.1, 0.15) is 0 Å². The van der Waals surface area contributed by atoms with Crippen molar-refractivity contribution >= 4 is 28.3 Å². The van der Waals surface area contributed by atoms with E-state index in [9.17, 15) is 9.59 Å². The first-order chi connectivity index (χ1) is 8.77. The minimum atomic E-state index is -0.134. The van der Waals surface area contributed by atoms with Crippen LogP contribution in [0.4, 0.5) is 5.13 Å². The highest BCUT2D eigenvalue weighted by molar-refractivity contribution is 7.14. The van der Waals surface area contributed by atoms with E-state index in [-0.39, 0.29) is 35.5 Å². The molecule has 4 nitrogen and oxygen atoms in total. The molecule has 18 heavy (non-hydrogen) atoms. The van der Waals surface area contributed by atoms with E-state index in [1.54, 1.807) is 11.6 Å². The highest BCUT2D eigenvalue weighted by atomic mass is 32.1. The first kappa shape index (κ1) is 10.4. The molecular formula is C13H12N2O2S. The number of allylic oxidation sites excluding steroid dienone is 2. The van der Waals surface area contributed by atoms with E-state index in [0.29, 0.717) is 5.13 Å². The van der Waals surface area contributed by atoms with Gasteiger partial charge >= 0.3 is 0 Å².